The highest BCUT2D eigenvalue weighted by Gasteiger charge is 2.34. The van der Waals surface area contributed by atoms with Crippen molar-refractivity contribution >= 4 is 11.9 Å². The molecule has 1 heterocycles. The van der Waals surface area contributed by atoms with Crippen molar-refractivity contribution in [2.45, 2.75) is 52.0 Å². The first-order valence-corrected chi connectivity index (χ1v) is 7.54. The van der Waals surface area contributed by atoms with Crippen LogP contribution in [-0.4, -0.2) is 40.0 Å². The van der Waals surface area contributed by atoms with Gasteiger partial charge >= 0.3 is 5.97 Å². The third-order valence-electron chi connectivity index (χ3n) is 3.35. The second-order valence-electron chi connectivity index (χ2n) is 5.18. The lowest BCUT2D eigenvalue weighted by molar-refractivity contribution is -0.121. The van der Waals surface area contributed by atoms with Gasteiger partial charge in [-0.1, -0.05) is 18.6 Å². The maximum atomic E-state index is 11.9. The van der Waals surface area contributed by atoms with E-state index < -0.39 is 5.97 Å². The molecule has 0 unspecified atom stereocenters. The lowest BCUT2D eigenvalue weighted by Gasteiger charge is -2.07. The zero-order valence-corrected chi connectivity index (χ0v) is 12.6. The SMILES string of the molecule is CCCCNC(=O)Cn1nnc(C(=O)OCC)c1C1CC1. The molecule has 1 aromatic heterocycles. The molecule has 0 bridgehead atoms. The summed E-state index contributed by atoms with van der Waals surface area (Å²) in [7, 11) is 0. The second kappa shape index (κ2) is 7.19. The van der Waals surface area contributed by atoms with Crippen molar-refractivity contribution in [2.24, 2.45) is 0 Å². The molecular formula is C14H22N4O3. The molecular weight excluding hydrogens is 272 g/mol. The van der Waals surface area contributed by atoms with Crippen LogP contribution in [0.4, 0.5) is 0 Å². The van der Waals surface area contributed by atoms with Crippen molar-refractivity contribution in [1.82, 2.24) is 20.3 Å². The summed E-state index contributed by atoms with van der Waals surface area (Å²) in [6.45, 7) is 4.88. The minimum absolute atomic E-state index is 0.0992. The molecule has 1 aliphatic rings. The lowest BCUT2D eigenvalue weighted by Crippen LogP contribution is -2.29. The van der Waals surface area contributed by atoms with Crippen LogP contribution in [0.3, 0.4) is 0 Å². The molecule has 0 aliphatic heterocycles. The van der Waals surface area contributed by atoms with Gasteiger partial charge in [-0.2, -0.15) is 0 Å². The second-order valence-corrected chi connectivity index (χ2v) is 5.18. The van der Waals surface area contributed by atoms with E-state index in [-0.39, 0.29) is 24.1 Å². The van der Waals surface area contributed by atoms with Gasteiger partial charge in [-0.3, -0.25) is 4.79 Å². The third kappa shape index (κ3) is 4.03. The molecule has 2 rings (SSSR count). The molecule has 7 nitrogen and oxygen atoms in total. The van der Waals surface area contributed by atoms with E-state index in [4.69, 9.17) is 4.74 Å². The summed E-state index contributed by atoms with van der Waals surface area (Å²) in [5, 5.41) is 10.7. The topological polar surface area (TPSA) is 86.1 Å². The number of nitrogens with zero attached hydrogens (tertiary/aromatic N) is 3. The Balaban J connectivity index is 2.05. The van der Waals surface area contributed by atoms with E-state index in [1.54, 1.807) is 6.92 Å². The minimum Gasteiger partial charge on any atom is -0.461 e. The van der Waals surface area contributed by atoms with E-state index in [1.165, 1.54) is 4.68 Å². The average molecular weight is 294 g/mol. The van der Waals surface area contributed by atoms with Crippen molar-refractivity contribution in [2.75, 3.05) is 13.2 Å². The van der Waals surface area contributed by atoms with Gasteiger partial charge in [0.1, 0.15) is 6.54 Å². The third-order valence-corrected chi connectivity index (χ3v) is 3.35. The van der Waals surface area contributed by atoms with Gasteiger partial charge in [0.2, 0.25) is 5.91 Å². The van der Waals surface area contributed by atoms with Crippen LogP contribution in [0.2, 0.25) is 0 Å². The fourth-order valence-corrected chi connectivity index (χ4v) is 2.14. The molecule has 1 aliphatic carbocycles. The molecule has 21 heavy (non-hydrogen) atoms. The number of carbonyl (C=O) groups is 2. The number of aromatic nitrogens is 3. The largest absolute Gasteiger partial charge is 0.461 e. The summed E-state index contributed by atoms with van der Waals surface area (Å²) in [4.78, 5) is 23.7. The fraction of sp³-hybridized carbons (Fsp3) is 0.714. The number of ether oxygens (including phenoxy) is 1. The summed E-state index contributed by atoms with van der Waals surface area (Å²) in [5.74, 6) is -0.300. The van der Waals surface area contributed by atoms with E-state index >= 15 is 0 Å². The highest BCUT2D eigenvalue weighted by molar-refractivity contribution is 5.88. The molecule has 0 atom stereocenters. The van der Waals surface area contributed by atoms with Gasteiger partial charge in [-0.05, 0) is 26.2 Å². The lowest BCUT2D eigenvalue weighted by atomic mass is 10.2. The predicted octanol–water partition coefficient (Wildman–Crippen LogP) is 1.25. The van der Waals surface area contributed by atoms with Crippen LogP contribution in [0.15, 0.2) is 0 Å². The summed E-state index contributed by atoms with van der Waals surface area (Å²) < 4.78 is 6.52. The molecule has 0 aromatic carbocycles. The highest BCUT2D eigenvalue weighted by Crippen LogP contribution is 2.41. The Morgan fingerprint density at radius 2 is 2.14 bits per heavy atom. The number of amides is 1. The Hall–Kier alpha value is -1.92. The number of esters is 1. The number of unbranched alkanes of at least 4 members (excludes halogenated alkanes) is 1. The number of carbonyl (C=O) groups excluding carboxylic acids is 2. The highest BCUT2D eigenvalue weighted by atomic mass is 16.5. The predicted molar refractivity (Wildman–Crippen MR) is 75.9 cm³/mol. The molecule has 116 valence electrons. The first-order chi connectivity index (χ1) is 10.2. The van der Waals surface area contributed by atoms with Gasteiger partial charge in [0.05, 0.1) is 12.3 Å². The molecule has 7 heteroatoms. The van der Waals surface area contributed by atoms with E-state index in [0.717, 1.165) is 31.4 Å². The Bertz CT molecular complexity index is 508. The van der Waals surface area contributed by atoms with Crippen LogP contribution in [0, 0.1) is 0 Å². The standard InChI is InChI=1S/C14H22N4O3/c1-3-5-8-15-11(19)9-18-13(10-6-7-10)12(16-17-18)14(20)21-4-2/h10H,3-9H2,1-2H3,(H,15,19). The molecule has 1 N–H and O–H groups in total. The quantitative estimate of drug-likeness (QED) is 0.576. The molecule has 0 radical (unpaired) electrons. The summed E-state index contributed by atoms with van der Waals surface area (Å²) >= 11 is 0. The van der Waals surface area contributed by atoms with E-state index in [1.807, 2.05) is 0 Å². The molecule has 1 amide bonds. The van der Waals surface area contributed by atoms with E-state index in [0.29, 0.717) is 13.2 Å². The number of rotatable bonds is 8. The minimum atomic E-state index is -0.461. The Morgan fingerprint density at radius 1 is 1.38 bits per heavy atom. The zero-order valence-electron chi connectivity index (χ0n) is 12.6. The fourth-order valence-electron chi connectivity index (χ4n) is 2.14. The van der Waals surface area contributed by atoms with Gasteiger partial charge in [0, 0.05) is 12.5 Å². The smallest absolute Gasteiger partial charge is 0.360 e. The first kappa shape index (κ1) is 15.5. The number of hydrogen-bond donors (Lipinski definition) is 1. The Kier molecular flexibility index (Phi) is 5.30. The maximum absolute atomic E-state index is 11.9. The van der Waals surface area contributed by atoms with E-state index in [2.05, 4.69) is 22.6 Å². The number of hydrogen-bond acceptors (Lipinski definition) is 5. The van der Waals surface area contributed by atoms with Crippen molar-refractivity contribution in [1.29, 1.82) is 0 Å². The van der Waals surface area contributed by atoms with Gasteiger partial charge in [-0.15, -0.1) is 5.10 Å². The summed E-state index contributed by atoms with van der Waals surface area (Å²) in [6, 6.07) is 0. The van der Waals surface area contributed by atoms with Gasteiger partial charge < -0.3 is 10.1 Å². The molecule has 1 aromatic rings. The van der Waals surface area contributed by atoms with Crippen LogP contribution in [-0.2, 0) is 16.1 Å². The first-order valence-electron chi connectivity index (χ1n) is 7.54. The number of nitrogens with one attached hydrogen (secondary N) is 1. The van der Waals surface area contributed by atoms with Gasteiger partial charge in [-0.25, -0.2) is 9.48 Å². The van der Waals surface area contributed by atoms with Crippen molar-refractivity contribution in [3.63, 3.8) is 0 Å². The van der Waals surface area contributed by atoms with Crippen LogP contribution in [0.1, 0.15) is 61.6 Å². The average Bonchev–Trinajstić information content (AvgIpc) is 3.21. The van der Waals surface area contributed by atoms with E-state index in [9.17, 15) is 9.59 Å². The maximum Gasteiger partial charge on any atom is 0.360 e. The van der Waals surface area contributed by atoms with Crippen LogP contribution in [0.25, 0.3) is 0 Å². The Morgan fingerprint density at radius 3 is 2.76 bits per heavy atom. The van der Waals surface area contributed by atoms with Gasteiger partial charge in [0.15, 0.2) is 5.69 Å². The van der Waals surface area contributed by atoms with Gasteiger partial charge in [0.25, 0.3) is 0 Å². The van der Waals surface area contributed by atoms with Crippen LogP contribution < -0.4 is 5.32 Å². The summed E-state index contributed by atoms with van der Waals surface area (Å²) in [5.41, 5.74) is 0.986. The van der Waals surface area contributed by atoms with Crippen LogP contribution in [0.5, 0.6) is 0 Å². The Labute approximate surface area is 124 Å². The van der Waals surface area contributed by atoms with Crippen molar-refractivity contribution < 1.29 is 14.3 Å². The zero-order chi connectivity index (χ0) is 15.2. The summed E-state index contributed by atoms with van der Waals surface area (Å²) in [6.07, 6.45) is 3.98. The van der Waals surface area contributed by atoms with Crippen LogP contribution >= 0.6 is 0 Å². The van der Waals surface area contributed by atoms with Crippen molar-refractivity contribution in [3.05, 3.63) is 11.4 Å². The monoisotopic (exact) mass is 294 g/mol. The molecule has 1 saturated carbocycles. The van der Waals surface area contributed by atoms with Crippen molar-refractivity contribution in [3.8, 4) is 0 Å². The molecule has 1 fully saturated rings. The molecule has 0 saturated heterocycles. The molecule has 0 spiro atoms. The normalized spacial score (nSPS) is 14.0.